The van der Waals surface area contributed by atoms with E-state index >= 15 is 0 Å². The summed E-state index contributed by atoms with van der Waals surface area (Å²) >= 11 is 0. The fourth-order valence-electron chi connectivity index (χ4n) is 1.47. The fourth-order valence-corrected chi connectivity index (χ4v) is 1.47. The minimum absolute atomic E-state index is 0.0498. The predicted molar refractivity (Wildman–Crippen MR) is 57.5 cm³/mol. The SMILES string of the molecule is COC(=O)Cc1cc(CN)nc(C(F)F)c1C. The van der Waals surface area contributed by atoms with Gasteiger partial charge in [-0.1, -0.05) is 0 Å². The number of rotatable bonds is 4. The molecule has 0 atom stereocenters. The molecule has 0 radical (unpaired) electrons. The van der Waals surface area contributed by atoms with Gasteiger partial charge in [-0.3, -0.25) is 9.78 Å². The van der Waals surface area contributed by atoms with Crippen molar-refractivity contribution < 1.29 is 18.3 Å². The molecular weight excluding hydrogens is 230 g/mol. The summed E-state index contributed by atoms with van der Waals surface area (Å²) in [5, 5.41) is 0. The number of aromatic nitrogens is 1. The van der Waals surface area contributed by atoms with Crippen LogP contribution < -0.4 is 5.73 Å². The van der Waals surface area contributed by atoms with Crippen LogP contribution in [0.1, 0.15) is 28.9 Å². The van der Waals surface area contributed by atoms with E-state index in [1.807, 2.05) is 0 Å². The van der Waals surface area contributed by atoms with Crippen LogP contribution in [-0.2, 0) is 22.5 Å². The summed E-state index contributed by atoms with van der Waals surface area (Å²) in [7, 11) is 1.25. The average Bonchev–Trinajstić information content (AvgIpc) is 2.31. The second-order valence-corrected chi connectivity index (χ2v) is 3.54. The van der Waals surface area contributed by atoms with Crippen molar-refractivity contribution in [3.05, 3.63) is 28.6 Å². The van der Waals surface area contributed by atoms with Crippen molar-refractivity contribution in [3.63, 3.8) is 0 Å². The first kappa shape index (κ1) is 13.5. The molecule has 0 aliphatic heterocycles. The molecule has 0 spiro atoms. The van der Waals surface area contributed by atoms with Crippen molar-refractivity contribution in [2.75, 3.05) is 7.11 Å². The molecule has 0 saturated carbocycles. The maximum Gasteiger partial charge on any atom is 0.309 e. The van der Waals surface area contributed by atoms with Gasteiger partial charge in [0.15, 0.2) is 0 Å². The number of carbonyl (C=O) groups is 1. The molecule has 1 heterocycles. The second-order valence-electron chi connectivity index (χ2n) is 3.54. The molecular formula is C11H14F2N2O2. The number of carbonyl (C=O) groups excluding carboxylic acids is 1. The lowest BCUT2D eigenvalue weighted by Gasteiger charge is -2.11. The highest BCUT2D eigenvalue weighted by Crippen LogP contribution is 2.24. The van der Waals surface area contributed by atoms with Crippen molar-refractivity contribution in [1.82, 2.24) is 4.98 Å². The molecule has 1 rings (SSSR count). The molecule has 0 unspecified atom stereocenters. The molecule has 0 fully saturated rings. The van der Waals surface area contributed by atoms with Crippen molar-refractivity contribution in [2.45, 2.75) is 26.3 Å². The highest BCUT2D eigenvalue weighted by Gasteiger charge is 2.18. The average molecular weight is 244 g/mol. The zero-order valence-corrected chi connectivity index (χ0v) is 9.67. The molecule has 17 heavy (non-hydrogen) atoms. The third kappa shape index (κ3) is 3.20. The quantitative estimate of drug-likeness (QED) is 0.815. The van der Waals surface area contributed by atoms with Crippen LogP contribution in [0.4, 0.5) is 8.78 Å². The van der Waals surface area contributed by atoms with Gasteiger partial charge in [-0.15, -0.1) is 0 Å². The van der Waals surface area contributed by atoms with Crippen molar-refractivity contribution in [2.24, 2.45) is 5.73 Å². The van der Waals surface area contributed by atoms with E-state index in [4.69, 9.17) is 5.73 Å². The molecule has 1 aromatic heterocycles. The van der Waals surface area contributed by atoms with Crippen LogP contribution in [0.15, 0.2) is 6.07 Å². The Labute approximate surface area is 97.8 Å². The van der Waals surface area contributed by atoms with Gasteiger partial charge in [0.25, 0.3) is 6.43 Å². The van der Waals surface area contributed by atoms with Crippen LogP contribution in [-0.4, -0.2) is 18.1 Å². The number of nitrogens with zero attached hydrogens (tertiary/aromatic N) is 1. The Balaban J connectivity index is 3.19. The van der Waals surface area contributed by atoms with Gasteiger partial charge in [0.05, 0.1) is 19.2 Å². The van der Waals surface area contributed by atoms with E-state index in [1.54, 1.807) is 6.07 Å². The van der Waals surface area contributed by atoms with Gasteiger partial charge in [0, 0.05) is 6.54 Å². The Morgan fingerprint density at radius 2 is 2.24 bits per heavy atom. The second kappa shape index (κ2) is 5.67. The zero-order valence-electron chi connectivity index (χ0n) is 9.67. The fraction of sp³-hybridized carbons (Fsp3) is 0.455. The summed E-state index contributed by atoms with van der Waals surface area (Å²) < 4.78 is 30.0. The monoisotopic (exact) mass is 244 g/mol. The highest BCUT2D eigenvalue weighted by atomic mass is 19.3. The number of alkyl halides is 2. The van der Waals surface area contributed by atoms with Gasteiger partial charge < -0.3 is 10.5 Å². The van der Waals surface area contributed by atoms with Gasteiger partial charge in [0.2, 0.25) is 0 Å². The Kier molecular flexibility index (Phi) is 4.51. The number of methoxy groups -OCH3 is 1. The smallest absolute Gasteiger partial charge is 0.309 e. The number of halogens is 2. The first-order valence-electron chi connectivity index (χ1n) is 5.04. The maximum absolute atomic E-state index is 12.7. The Morgan fingerprint density at radius 3 is 2.71 bits per heavy atom. The van der Waals surface area contributed by atoms with E-state index in [0.29, 0.717) is 16.8 Å². The summed E-state index contributed by atoms with van der Waals surface area (Å²) in [6.45, 7) is 1.56. The topological polar surface area (TPSA) is 65.2 Å². The van der Waals surface area contributed by atoms with E-state index in [-0.39, 0.29) is 18.7 Å². The van der Waals surface area contributed by atoms with E-state index in [1.165, 1.54) is 14.0 Å². The molecule has 0 saturated heterocycles. The van der Waals surface area contributed by atoms with Gasteiger partial charge in [-0.05, 0) is 24.1 Å². The summed E-state index contributed by atoms with van der Waals surface area (Å²) in [6, 6.07) is 1.55. The Morgan fingerprint density at radius 1 is 1.59 bits per heavy atom. The minimum atomic E-state index is -2.68. The van der Waals surface area contributed by atoms with Crippen LogP contribution in [0.25, 0.3) is 0 Å². The third-order valence-electron chi connectivity index (χ3n) is 2.45. The first-order chi connectivity index (χ1) is 7.99. The normalized spacial score (nSPS) is 10.7. The maximum atomic E-state index is 12.7. The van der Waals surface area contributed by atoms with Crippen LogP contribution in [0.2, 0.25) is 0 Å². The molecule has 1 aromatic rings. The number of esters is 1. The lowest BCUT2D eigenvalue weighted by atomic mass is 10.0. The lowest BCUT2D eigenvalue weighted by molar-refractivity contribution is -0.139. The molecule has 0 aliphatic carbocycles. The third-order valence-corrected chi connectivity index (χ3v) is 2.45. The van der Waals surface area contributed by atoms with E-state index in [9.17, 15) is 13.6 Å². The van der Waals surface area contributed by atoms with Crippen LogP contribution in [0.3, 0.4) is 0 Å². The van der Waals surface area contributed by atoms with Gasteiger partial charge >= 0.3 is 5.97 Å². The molecule has 0 aliphatic rings. The summed E-state index contributed by atoms with van der Waals surface area (Å²) in [5.74, 6) is -0.484. The van der Waals surface area contributed by atoms with Crippen LogP contribution in [0, 0.1) is 6.92 Å². The summed E-state index contributed by atoms with van der Waals surface area (Å²) in [6.07, 6.45) is -2.74. The van der Waals surface area contributed by atoms with Gasteiger partial charge in [-0.2, -0.15) is 0 Å². The number of nitrogens with two attached hydrogens (primary N) is 1. The number of hydrogen-bond donors (Lipinski definition) is 1. The standard InChI is InChI=1S/C11H14F2N2O2/c1-6-7(4-9(16)17-2)3-8(5-14)15-10(6)11(12)13/h3,11H,4-5,14H2,1-2H3. The minimum Gasteiger partial charge on any atom is -0.469 e. The Hall–Kier alpha value is -1.56. The van der Waals surface area contributed by atoms with Crippen molar-refractivity contribution in [1.29, 1.82) is 0 Å². The lowest BCUT2D eigenvalue weighted by Crippen LogP contribution is -2.11. The van der Waals surface area contributed by atoms with E-state index < -0.39 is 12.4 Å². The predicted octanol–water partition coefficient (Wildman–Crippen LogP) is 1.50. The highest BCUT2D eigenvalue weighted by molar-refractivity contribution is 5.73. The number of hydrogen-bond acceptors (Lipinski definition) is 4. The molecule has 4 nitrogen and oxygen atoms in total. The van der Waals surface area contributed by atoms with Crippen LogP contribution in [0.5, 0.6) is 0 Å². The summed E-state index contributed by atoms with van der Waals surface area (Å²) in [5.41, 5.74) is 6.17. The van der Waals surface area contributed by atoms with Crippen molar-refractivity contribution in [3.8, 4) is 0 Å². The van der Waals surface area contributed by atoms with E-state index in [2.05, 4.69) is 9.72 Å². The first-order valence-corrected chi connectivity index (χ1v) is 5.04. The van der Waals surface area contributed by atoms with Gasteiger partial charge in [-0.25, -0.2) is 8.78 Å². The zero-order chi connectivity index (χ0) is 13.0. The van der Waals surface area contributed by atoms with Gasteiger partial charge in [0.1, 0.15) is 5.69 Å². The molecule has 6 heteroatoms. The number of ether oxygens (including phenoxy) is 1. The molecule has 2 N–H and O–H groups in total. The molecule has 0 bridgehead atoms. The number of pyridine rings is 1. The molecule has 0 aromatic carbocycles. The largest absolute Gasteiger partial charge is 0.469 e. The van der Waals surface area contributed by atoms with Crippen LogP contribution >= 0.6 is 0 Å². The van der Waals surface area contributed by atoms with Crippen molar-refractivity contribution >= 4 is 5.97 Å². The Bertz CT molecular complexity index is 422. The van der Waals surface area contributed by atoms with E-state index in [0.717, 1.165) is 0 Å². The summed E-state index contributed by atoms with van der Waals surface area (Å²) in [4.78, 5) is 14.9. The molecule has 94 valence electrons. The molecule has 0 amide bonds.